The van der Waals surface area contributed by atoms with E-state index < -0.39 is 0 Å². The van der Waals surface area contributed by atoms with Gasteiger partial charge in [0.05, 0.1) is 25.9 Å². The molecule has 0 atom stereocenters. The van der Waals surface area contributed by atoms with E-state index in [2.05, 4.69) is 10.6 Å². The van der Waals surface area contributed by atoms with Gasteiger partial charge in [0.15, 0.2) is 0 Å². The number of para-hydroxylation sites is 2. The van der Waals surface area contributed by atoms with Crippen molar-refractivity contribution in [3.05, 3.63) is 54.3 Å². The molecule has 2 aromatic rings. The molecule has 0 bridgehead atoms. The summed E-state index contributed by atoms with van der Waals surface area (Å²) in [5.41, 5.74) is 1.07. The predicted octanol–water partition coefficient (Wildman–Crippen LogP) is 2.34. The maximum absolute atomic E-state index is 12.8. The number of carbonyl (C=O) groups is 2. The largest absolute Gasteiger partial charge is 0.495 e. The molecule has 0 saturated carbocycles. The molecule has 0 aliphatic rings. The number of hydrogen-bond donors (Lipinski definition) is 2. The van der Waals surface area contributed by atoms with Crippen molar-refractivity contribution in [2.45, 2.75) is 0 Å². The van der Waals surface area contributed by atoms with Crippen LogP contribution in [0.1, 0.15) is 0 Å². The van der Waals surface area contributed by atoms with Gasteiger partial charge in [-0.2, -0.15) is 0 Å². The van der Waals surface area contributed by atoms with Crippen LogP contribution >= 0.6 is 0 Å². The SMILES string of the molecule is COc1ccccc1NC(=O)CN(C)CC(=O)Nc1ccc(F)cc1. The van der Waals surface area contributed by atoms with Crippen LogP contribution in [0.25, 0.3) is 0 Å². The van der Waals surface area contributed by atoms with Gasteiger partial charge in [-0.1, -0.05) is 12.1 Å². The molecule has 0 aliphatic heterocycles. The normalized spacial score (nSPS) is 10.4. The first-order valence-corrected chi connectivity index (χ1v) is 7.65. The Morgan fingerprint density at radius 2 is 1.60 bits per heavy atom. The van der Waals surface area contributed by atoms with Crippen molar-refractivity contribution in [3.63, 3.8) is 0 Å². The lowest BCUT2D eigenvalue weighted by molar-refractivity contribution is -0.119. The van der Waals surface area contributed by atoms with E-state index in [1.54, 1.807) is 36.2 Å². The molecule has 0 radical (unpaired) electrons. The van der Waals surface area contributed by atoms with Crippen molar-refractivity contribution in [2.75, 3.05) is 37.9 Å². The zero-order valence-electron chi connectivity index (χ0n) is 14.1. The summed E-state index contributed by atoms with van der Waals surface area (Å²) in [6.45, 7) is 0.0611. The van der Waals surface area contributed by atoms with E-state index in [1.165, 1.54) is 31.4 Å². The Morgan fingerprint density at radius 3 is 2.24 bits per heavy atom. The number of likely N-dealkylation sites (N-methyl/N-ethyl adjacent to an activating group) is 1. The minimum atomic E-state index is -0.372. The van der Waals surface area contributed by atoms with Crippen molar-refractivity contribution in [1.82, 2.24) is 4.90 Å². The summed E-state index contributed by atoms with van der Waals surface area (Å²) in [5, 5.41) is 5.38. The molecule has 0 fully saturated rings. The smallest absolute Gasteiger partial charge is 0.238 e. The summed E-state index contributed by atoms with van der Waals surface area (Å²) in [4.78, 5) is 25.6. The maximum Gasteiger partial charge on any atom is 0.238 e. The van der Waals surface area contributed by atoms with Crippen LogP contribution in [-0.2, 0) is 9.59 Å². The third-order valence-electron chi connectivity index (χ3n) is 3.34. The fourth-order valence-electron chi connectivity index (χ4n) is 2.22. The average Bonchev–Trinajstić information content (AvgIpc) is 2.57. The number of hydrogen-bond acceptors (Lipinski definition) is 4. The molecule has 7 heteroatoms. The second-order valence-electron chi connectivity index (χ2n) is 5.48. The maximum atomic E-state index is 12.8. The number of amides is 2. The highest BCUT2D eigenvalue weighted by molar-refractivity contribution is 5.95. The number of nitrogens with zero attached hydrogens (tertiary/aromatic N) is 1. The zero-order chi connectivity index (χ0) is 18.2. The van der Waals surface area contributed by atoms with E-state index in [0.717, 1.165) is 0 Å². The number of ether oxygens (including phenoxy) is 1. The van der Waals surface area contributed by atoms with Gasteiger partial charge < -0.3 is 15.4 Å². The second-order valence-corrected chi connectivity index (χ2v) is 5.48. The third-order valence-corrected chi connectivity index (χ3v) is 3.34. The molecule has 2 N–H and O–H groups in total. The first-order chi connectivity index (χ1) is 12.0. The number of halogens is 1. The molecule has 25 heavy (non-hydrogen) atoms. The Hall–Kier alpha value is -2.93. The van der Waals surface area contributed by atoms with Crippen LogP contribution in [0.5, 0.6) is 5.75 Å². The molecular formula is C18H20FN3O3. The Labute approximate surface area is 145 Å². The van der Waals surface area contributed by atoms with Gasteiger partial charge in [0.1, 0.15) is 11.6 Å². The van der Waals surface area contributed by atoms with Gasteiger partial charge in [-0.25, -0.2) is 4.39 Å². The lowest BCUT2D eigenvalue weighted by atomic mass is 10.3. The van der Waals surface area contributed by atoms with Crippen molar-refractivity contribution < 1.29 is 18.7 Å². The van der Waals surface area contributed by atoms with Crippen molar-refractivity contribution in [3.8, 4) is 5.75 Å². The van der Waals surface area contributed by atoms with Gasteiger partial charge >= 0.3 is 0 Å². The van der Waals surface area contributed by atoms with Gasteiger partial charge in [0.25, 0.3) is 0 Å². The Kier molecular flexibility index (Phi) is 6.47. The number of nitrogens with one attached hydrogen (secondary N) is 2. The number of rotatable bonds is 7. The van der Waals surface area contributed by atoms with E-state index in [9.17, 15) is 14.0 Å². The molecular weight excluding hydrogens is 325 g/mol. The lowest BCUT2D eigenvalue weighted by Gasteiger charge is -2.16. The summed E-state index contributed by atoms with van der Waals surface area (Å²) < 4.78 is 18.0. The number of carbonyl (C=O) groups excluding carboxylic acids is 2. The molecule has 0 unspecified atom stereocenters. The highest BCUT2D eigenvalue weighted by Crippen LogP contribution is 2.22. The Morgan fingerprint density at radius 1 is 1.00 bits per heavy atom. The summed E-state index contributed by atoms with van der Waals surface area (Å²) in [6, 6.07) is 12.6. The van der Waals surface area contributed by atoms with Crippen LogP contribution in [0.4, 0.5) is 15.8 Å². The van der Waals surface area contributed by atoms with Gasteiger partial charge in [-0.3, -0.25) is 14.5 Å². The third kappa shape index (κ3) is 5.89. The fourth-order valence-corrected chi connectivity index (χ4v) is 2.22. The van der Waals surface area contributed by atoms with Crippen molar-refractivity contribution >= 4 is 23.2 Å². The predicted molar refractivity (Wildman–Crippen MR) is 94.2 cm³/mol. The minimum absolute atomic E-state index is 0.0245. The molecule has 0 heterocycles. The summed E-state index contributed by atoms with van der Waals surface area (Å²) in [6.07, 6.45) is 0. The second kappa shape index (κ2) is 8.79. The number of benzene rings is 2. The molecule has 2 aromatic carbocycles. The molecule has 132 valence electrons. The van der Waals surface area contributed by atoms with E-state index in [0.29, 0.717) is 17.1 Å². The minimum Gasteiger partial charge on any atom is -0.495 e. The van der Waals surface area contributed by atoms with Crippen LogP contribution < -0.4 is 15.4 Å². The van der Waals surface area contributed by atoms with Crippen molar-refractivity contribution in [2.24, 2.45) is 0 Å². The van der Waals surface area contributed by atoms with Crippen LogP contribution in [0, 0.1) is 5.82 Å². The summed E-state index contributed by atoms with van der Waals surface area (Å²) in [7, 11) is 3.18. The molecule has 6 nitrogen and oxygen atoms in total. The lowest BCUT2D eigenvalue weighted by Crippen LogP contribution is -2.36. The van der Waals surface area contributed by atoms with E-state index in [-0.39, 0.29) is 30.7 Å². The van der Waals surface area contributed by atoms with Gasteiger partial charge in [0, 0.05) is 5.69 Å². The molecule has 0 aliphatic carbocycles. The Bertz CT molecular complexity index is 735. The molecule has 0 aromatic heterocycles. The summed E-state index contributed by atoms with van der Waals surface area (Å²) in [5.74, 6) is -0.364. The topological polar surface area (TPSA) is 70.7 Å². The Balaban J connectivity index is 1.82. The zero-order valence-corrected chi connectivity index (χ0v) is 14.1. The van der Waals surface area contributed by atoms with Gasteiger partial charge in [-0.05, 0) is 43.4 Å². The van der Waals surface area contributed by atoms with Gasteiger partial charge in [0.2, 0.25) is 11.8 Å². The molecule has 2 amide bonds. The molecule has 0 spiro atoms. The van der Waals surface area contributed by atoms with E-state index in [1.807, 2.05) is 0 Å². The standard InChI is InChI=1S/C18H20FN3O3/c1-22(11-17(23)20-14-9-7-13(19)8-10-14)12-18(24)21-15-5-3-4-6-16(15)25-2/h3-10H,11-12H2,1-2H3,(H,20,23)(H,21,24). The van der Waals surface area contributed by atoms with Crippen molar-refractivity contribution in [1.29, 1.82) is 0 Å². The van der Waals surface area contributed by atoms with Crippen LogP contribution in [0.15, 0.2) is 48.5 Å². The average molecular weight is 345 g/mol. The van der Waals surface area contributed by atoms with E-state index in [4.69, 9.17) is 4.74 Å². The highest BCUT2D eigenvalue weighted by atomic mass is 19.1. The van der Waals surface area contributed by atoms with Crippen LogP contribution in [0.2, 0.25) is 0 Å². The number of anilines is 2. The van der Waals surface area contributed by atoms with Gasteiger partial charge in [-0.15, -0.1) is 0 Å². The monoisotopic (exact) mass is 345 g/mol. The quantitative estimate of drug-likeness (QED) is 0.808. The fraction of sp³-hybridized carbons (Fsp3) is 0.222. The van der Waals surface area contributed by atoms with E-state index >= 15 is 0 Å². The molecule has 2 rings (SSSR count). The highest BCUT2D eigenvalue weighted by Gasteiger charge is 2.12. The first-order valence-electron chi connectivity index (χ1n) is 7.65. The first kappa shape index (κ1) is 18.4. The molecule has 0 saturated heterocycles. The number of methoxy groups -OCH3 is 1. The van der Waals surface area contributed by atoms with Crippen LogP contribution in [-0.4, -0.2) is 44.0 Å². The van der Waals surface area contributed by atoms with Crippen LogP contribution in [0.3, 0.4) is 0 Å². The summed E-state index contributed by atoms with van der Waals surface area (Å²) >= 11 is 0.